The lowest BCUT2D eigenvalue weighted by Gasteiger charge is -2.31. The summed E-state index contributed by atoms with van der Waals surface area (Å²) in [5.41, 5.74) is 0.186. The predicted octanol–water partition coefficient (Wildman–Crippen LogP) is 2.80. The van der Waals surface area contributed by atoms with E-state index in [1.165, 1.54) is 0 Å². The summed E-state index contributed by atoms with van der Waals surface area (Å²) in [6, 6.07) is 5.32. The average molecular weight is 272 g/mol. The summed E-state index contributed by atoms with van der Waals surface area (Å²) in [7, 11) is 0. The van der Waals surface area contributed by atoms with Gasteiger partial charge in [-0.1, -0.05) is 29.3 Å². The first-order valence-electron chi connectivity index (χ1n) is 5.53. The number of benzene rings is 1. The molecule has 0 N–H and O–H groups in total. The lowest BCUT2D eigenvalue weighted by atomic mass is 10.0. The molecule has 2 heterocycles. The molecule has 0 bridgehead atoms. The van der Waals surface area contributed by atoms with Gasteiger partial charge in [0.25, 0.3) is 0 Å². The van der Waals surface area contributed by atoms with Gasteiger partial charge in [0.05, 0.1) is 11.6 Å². The summed E-state index contributed by atoms with van der Waals surface area (Å²) in [5.74, 6) is 0.133. The monoisotopic (exact) mass is 271 g/mol. The van der Waals surface area contributed by atoms with E-state index < -0.39 is 5.72 Å². The second-order valence-electron chi connectivity index (χ2n) is 4.30. The van der Waals surface area contributed by atoms with Crippen LogP contribution < -0.4 is 0 Å². The standard InChI is InChI=1S/C12H11Cl2NO2/c13-8-1-2-9(10(14)7-8)12-4-3-11(16)15(12)5-6-17-12/h1-2,7H,3-6H2. The molecule has 2 aliphatic heterocycles. The van der Waals surface area contributed by atoms with Gasteiger partial charge in [-0.15, -0.1) is 0 Å². The molecule has 0 saturated carbocycles. The van der Waals surface area contributed by atoms with Crippen LogP contribution in [0, 0.1) is 0 Å². The lowest BCUT2D eigenvalue weighted by Crippen LogP contribution is -2.39. The van der Waals surface area contributed by atoms with E-state index in [1.807, 2.05) is 6.07 Å². The van der Waals surface area contributed by atoms with Gasteiger partial charge in [0, 0.05) is 30.0 Å². The van der Waals surface area contributed by atoms with Crippen molar-refractivity contribution in [1.82, 2.24) is 4.90 Å². The van der Waals surface area contributed by atoms with Crippen molar-refractivity contribution in [3.8, 4) is 0 Å². The third kappa shape index (κ3) is 1.57. The molecule has 2 saturated heterocycles. The predicted molar refractivity (Wildman–Crippen MR) is 65.0 cm³/mol. The Bertz CT molecular complexity index is 491. The number of carbonyl (C=O) groups excluding carboxylic acids is 1. The van der Waals surface area contributed by atoms with Crippen LogP contribution >= 0.6 is 23.2 Å². The fraction of sp³-hybridized carbons (Fsp3) is 0.417. The molecular weight excluding hydrogens is 261 g/mol. The van der Waals surface area contributed by atoms with Crippen molar-refractivity contribution in [3.63, 3.8) is 0 Å². The Labute approximate surface area is 109 Å². The van der Waals surface area contributed by atoms with Crippen molar-refractivity contribution in [2.75, 3.05) is 13.2 Å². The summed E-state index contributed by atoms with van der Waals surface area (Å²) in [6.45, 7) is 1.20. The van der Waals surface area contributed by atoms with Gasteiger partial charge in [0.1, 0.15) is 0 Å². The highest BCUT2D eigenvalue weighted by atomic mass is 35.5. The maximum Gasteiger partial charge on any atom is 0.225 e. The Kier molecular flexibility index (Phi) is 2.58. The van der Waals surface area contributed by atoms with Crippen molar-refractivity contribution in [2.24, 2.45) is 0 Å². The van der Waals surface area contributed by atoms with E-state index in [9.17, 15) is 4.79 Å². The molecule has 0 radical (unpaired) electrons. The minimum atomic E-state index is -0.654. The molecule has 2 fully saturated rings. The summed E-state index contributed by atoms with van der Waals surface area (Å²) in [6.07, 6.45) is 1.17. The van der Waals surface area contributed by atoms with Crippen LogP contribution in [0.4, 0.5) is 0 Å². The Morgan fingerprint density at radius 1 is 1.35 bits per heavy atom. The summed E-state index contributed by atoms with van der Waals surface area (Å²) < 4.78 is 5.82. The van der Waals surface area contributed by atoms with E-state index in [0.717, 1.165) is 5.56 Å². The summed E-state index contributed by atoms with van der Waals surface area (Å²) in [4.78, 5) is 13.6. The van der Waals surface area contributed by atoms with Crippen LogP contribution in [0.25, 0.3) is 0 Å². The number of fused-ring (bicyclic) bond motifs is 1. The topological polar surface area (TPSA) is 29.5 Å². The molecule has 5 heteroatoms. The van der Waals surface area contributed by atoms with Crippen molar-refractivity contribution < 1.29 is 9.53 Å². The van der Waals surface area contributed by atoms with Gasteiger partial charge in [-0.25, -0.2) is 0 Å². The first kappa shape index (κ1) is 11.3. The number of carbonyl (C=O) groups is 1. The molecule has 1 atom stereocenters. The third-order valence-electron chi connectivity index (χ3n) is 3.42. The number of nitrogens with zero attached hydrogens (tertiary/aromatic N) is 1. The Hall–Kier alpha value is -0.770. The lowest BCUT2D eigenvalue weighted by molar-refractivity contribution is -0.137. The van der Waals surface area contributed by atoms with Gasteiger partial charge in [-0.05, 0) is 12.1 Å². The highest BCUT2D eigenvalue weighted by Gasteiger charge is 2.51. The molecule has 1 aromatic carbocycles. The number of amides is 1. The van der Waals surface area contributed by atoms with Crippen LogP contribution in [-0.4, -0.2) is 24.0 Å². The molecule has 3 rings (SSSR count). The van der Waals surface area contributed by atoms with Crippen molar-refractivity contribution in [2.45, 2.75) is 18.6 Å². The normalized spacial score (nSPS) is 27.6. The molecular formula is C12H11Cl2NO2. The zero-order chi connectivity index (χ0) is 12.0. The van der Waals surface area contributed by atoms with Crippen molar-refractivity contribution in [1.29, 1.82) is 0 Å². The fourth-order valence-corrected chi connectivity index (χ4v) is 3.23. The smallest absolute Gasteiger partial charge is 0.225 e. The number of hydrogen-bond acceptors (Lipinski definition) is 2. The molecule has 1 unspecified atom stereocenters. The minimum absolute atomic E-state index is 0.133. The molecule has 0 aromatic heterocycles. The van der Waals surface area contributed by atoms with Gasteiger partial charge in [-0.2, -0.15) is 0 Å². The van der Waals surface area contributed by atoms with Gasteiger partial charge in [0.15, 0.2) is 5.72 Å². The van der Waals surface area contributed by atoms with E-state index >= 15 is 0 Å². The maximum atomic E-state index is 11.8. The first-order valence-corrected chi connectivity index (χ1v) is 6.29. The zero-order valence-corrected chi connectivity index (χ0v) is 10.6. The molecule has 0 aliphatic carbocycles. The maximum absolute atomic E-state index is 11.8. The molecule has 90 valence electrons. The van der Waals surface area contributed by atoms with Crippen LogP contribution in [0.3, 0.4) is 0 Å². The number of ether oxygens (including phenoxy) is 1. The number of rotatable bonds is 1. The molecule has 17 heavy (non-hydrogen) atoms. The molecule has 0 spiro atoms. The largest absolute Gasteiger partial charge is 0.349 e. The SMILES string of the molecule is O=C1CCC2(c3ccc(Cl)cc3Cl)OCCN12. The fourth-order valence-electron chi connectivity index (χ4n) is 2.67. The van der Waals surface area contributed by atoms with Crippen LogP contribution in [0.1, 0.15) is 18.4 Å². The zero-order valence-electron chi connectivity index (χ0n) is 9.08. The van der Waals surface area contributed by atoms with E-state index in [1.54, 1.807) is 17.0 Å². The Morgan fingerprint density at radius 3 is 2.94 bits per heavy atom. The van der Waals surface area contributed by atoms with Crippen LogP contribution in [0.15, 0.2) is 18.2 Å². The van der Waals surface area contributed by atoms with Gasteiger partial charge >= 0.3 is 0 Å². The number of hydrogen-bond donors (Lipinski definition) is 0. The minimum Gasteiger partial charge on any atom is -0.349 e. The van der Waals surface area contributed by atoms with Crippen LogP contribution in [-0.2, 0) is 15.3 Å². The quantitative estimate of drug-likeness (QED) is 0.786. The summed E-state index contributed by atoms with van der Waals surface area (Å²) in [5, 5.41) is 1.14. The Balaban J connectivity index is 2.11. The van der Waals surface area contributed by atoms with E-state index in [0.29, 0.717) is 36.0 Å². The first-order chi connectivity index (χ1) is 8.13. The molecule has 3 nitrogen and oxygen atoms in total. The molecule has 1 amide bonds. The highest BCUT2D eigenvalue weighted by Crippen LogP contribution is 2.46. The van der Waals surface area contributed by atoms with Gasteiger partial charge < -0.3 is 9.64 Å². The van der Waals surface area contributed by atoms with Gasteiger partial charge in [-0.3, -0.25) is 4.79 Å². The third-order valence-corrected chi connectivity index (χ3v) is 3.97. The number of halogens is 2. The molecule has 2 aliphatic rings. The van der Waals surface area contributed by atoms with Crippen molar-refractivity contribution >= 4 is 29.1 Å². The Morgan fingerprint density at radius 2 is 2.18 bits per heavy atom. The second-order valence-corrected chi connectivity index (χ2v) is 5.15. The van der Waals surface area contributed by atoms with Crippen LogP contribution in [0.5, 0.6) is 0 Å². The van der Waals surface area contributed by atoms with E-state index in [-0.39, 0.29) is 5.91 Å². The van der Waals surface area contributed by atoms with E-state index in [4.69, 9.17) is 27.9 Å². The van der Waals surface area contributed by atoms with Gasteiger partial charge in [0.2, 0.25) is 5.91 Å². The summed E-state index contributed by atoms with van der Waals surface area (Å²) >= 11 is 12.1. The second kappa shape index (κ2) is 3.87. The average Bonchev–Trinajstić information content (AvgIpc) is 2.81. The van der Waals surface area contributed by atoms with E-state index in [2.05, 4.69) is 0 Å². The molecule has 1 aromatic rings. The van der Waals surface area contributed by atoms with Crippen molar-refractivity contribution in [3.05, 3.63) is 33.8 Å². The highest BCUT2D eigenvalue weighted by molar-refractivity contribution is 6.35. The van der Waals surface area contributed by atoms with Crippen LogP contribution in [0.2, 0.25) is 10.0 Å².